The fraction of sp³-hybridized carbons (Fsp3) is 0.533. The fourth-order valence-corrected chi connectivity index (χ4v) is 3.37. The van der Waals surface area contributed by atoms with Gasteiger partial charge in [0, 0.05) is 12.5 Å². The summed E-state index contributed by atoms with van der Waals surface area (Å²) in [6.45, 7) is 3.30. The maximum absolute atomic E-state index is 12.0. The molecule has 90 valence electrons. The monoisotopic (exact) mass is 229 g/mol. The van der Waals surface area contributed by atoms with E-state index in [1.54, 1.807) is 0 Å². The lowest BCUT2D eigenvalue weighted by Gasteiger charge is -2.37. The van der Waals surface area contributed by atoms with E-state index in [1.165, 1.54) is 12.0 Å². The smallest absolute Gasteiger partial charge is 0.150 e. The number of rotatable bonds is 2. The second-order valence-electron chi connectivity index (χ2n) is 5.40. The Bertz CT molecular complexity index is 414. The lowest BCUT2D eigenvalue weighted by Crippen LogP contribution is -2.42. The Kier molecular flexibility index (Phi) is 2.75. The third-order valence-electron chi connectivity index (χ3n) is 4.39. The Labute approximate surface area is 103 Å². The van der Waals surface area contributed by atoms with E-state index in [9.17, 15) is 4.79 Å². The number of carbonyl (C=O) groups is 1. The number of nitrogens with zero attached hydrogens (tertiary/aromatic N) is 1. The zero-order valence-electron chi connectivity index (χ0n) is 10.3. The van der Waals surface area contributed by atoms with Crippen LogP contribution >= 0.6 is 0 Å². The molecule has 3 rings (SSSR count). The molecule has 2 bridgehead atoms. The van der Waals surface area contributed by atoms with E-state index >= 15 is 0 Å². The number of Topliss-reactive ketones (excluding diaryl/α,β-unsaturated/α-hetero) is 1. The van der Waals surface area contributed by atoms with Crippen molar-refractivity contribution in [2.75, 3.05) is 6.54 Å². The zero-order chi connectivity index (χ0) is 11.8. The van der Waals surface area contributed by atoms with Crippen molar-refractivity contribution >= 4 is 5.78 Å². The van der Waals surface area contributed by atoms with Crippen LogP contribution in [-0.4, -0.2) is 23.3 Å². The Balaban J connectivity index is 1.82. The summed E-state index contributed by atoms with van der Waals surface area (Å²) in [5.41, 5.74) is 1.32. The Morgan fingerprint density at radius 3 is 2.82 bits per heavy atom. The minimum Gasteiger partial charge on any atom is -0.298 e. The predicted molar refractivity (Wildman–Crippen MR) is 67.7 cm³/mol. The molecule has 1 aromatic carbocycles. The van der Waals surface area contributed by atoms with Crippen molar-refractivity contribution in [3.8, 4) is 0 Å². The van der Waals surface area contributed by atoms with Gasteiger partial charge in [-0.2, -0.15) is 0 Å². The molecule has 0 aromatic heterocycles. The first kappa shape index (κ1) is 11.0. The van der Waals surface area contributed by atoms with E-state index in [0.29, 0.717) is 17.7 Å². The normalized spacial score (nSPS) is 30.5. The average molecular weight is 229 g/mol. The van der Waals surface area contributed by atoms with Crippen molar-refractivity contribution in [3.63, 3.8) is 0 Å². The summed E-state index contributed by atoms with van der Waals surface area (Å²) in [6.07, 6.45) is 3.11. The number of hydrogen-bond acceptors (Lipinski definition) is 2. The van der Waals surface area contributed by atoms with Crippen LogP contribution in [-0.2, 0) is 4.79 Å². The minimum absolute atomic E-state index is 0.198. The molecule has 2 heteroatoms. The summed E-state index contributed by atoms with van der Waals surface area (Å²) in [5.74, 6) is 1.14. The summed E-state index contributed by atoms with van der Waals surface area (Å²) >= 11 is 0. The van der Waals surface area contributed by atoms with Gasteiger partial charge < -0.3 is 0 Å². The minimum atomic E-state index is 0.198. The number of piperidine rings is 1. The van der Waals surface area contributed by atoms with Crippen LogP contribution in [0.3, 0.4) is 0 Å². The first-order valence-electron chi connectivity index (χ1n) is 6.59. The highest BCUT2D eigenvalue weighted by Gasteiger charge is 2.42. The SMILES string of the molecule is C[C@H](c1ccccc1)N1CC[C@@H]2CC(=O)[C@H]1C2. The Morgan fingerprint density at radius 2 is 2.06 bits per heavy atom. The largest absolute Gasteiger partial charge is 0.298 e. The molecule has 3 atom stereocenters. The van der Waals surface area contributed by atoms with Gasteiger partial charge in [-0.15, -0.1) is 0 Å². The summed E-state index contributed by atoms with van der Waals surface area (Å²) in [5, 5.41) is 0. The van der Waals surface area contributed by atoms with Crippen LogP contribution in [0.4, 0.5) is 0 Å². The molecule has 1 aromatic rings. The summed E-state index contributed by atoms with van der Waals surface area (Å²) in [6, 6.07) is 11.1. The molecule has 2 fully saturated rings. The van der Waals surface area contributed by atoms with E-state index in [1.807, 2.05) is 6.07 Å². The number of likely N-dealkylation sites (tertiary alicyclic amines) is 1. The van der Waals surface area contributed by atoms with Gasteiger partial charge in [-0.05, 0) is 37.8 Å². The van der Waals surface area contributed by atoms with Crippen LogP contribution in [0, 0.1) is 5.92 Å². The Hall–Kier alpha value is -1.15. The Morgan fingerprint density at radius 1 is 1.29 bits per heavy atom. The number of fused-ring (bicyclic) bond motifs is 2. The van der Waals surface area contributed by atoms with Gasteiger partial charge in [-0.1, -0.05) is 30.3 Å². The number of benzene rings is 1. The van der Waals surface area contributed by atoms with Gasteiger partial charge in [0.2, 0.25) is 0 Å². The van der Waals surface area contributed by atoms with Gasteiger partial charge >= 0.3 is 0 Å². The van der Waals surface area contributed by atoms with Crippen molar-refractivity contribution in [3.05, 3.63) is 35.9 Å². The molecule has 2 nitrogen and oxygen atoms in total. The van der Waals surface area contributed by atoms with Gasteiger partial charge in [-0.25, -0.2) is 0 Å². The first-order valence-corrected chi connectivity index (χ1v) is 6.59. The predicted octanol–water partition coefficient (Wildman–Crippen LogP) is 2.80. The van der Waals surface area contributed by atoms with Crippen molar-refractivity contribution in [2.45, 2.75) is 38.3 Å². The van der Waals surface area contributed by atoms with E-state index in [-0.39, 0.29) is 6.04 Å². The molecule has 0 N–H and O–H groups in total. The maximum atomic E-state index is 12.0. The van der Waals surface area contributed by atoms with Gasteiger partial charge in [0.1, 0.15) is 5.78 Å². The molecule has 1 aliphatic heterocycles. The highest BCUT2D eigenvalue weighted by Crippen LogP contribution is 2.38. The van der Waals surface area contributed by atoms with E-state index in [4.69, 9.17) is 0 Å². The molecule has 1 heterocycles. The second kappa shape index (κ2) is 4.26. The molecule has 2 aliphatic rings. The van der Waals surface area contributed by atoms with Crippen LogP contribution in [0.1, 0.15) is 37.8 Å². The van der Waals surface area contributed by atoms with Crippen LogP contribution in [0.25, 0.3) is 0 Å². The topological polar surface area (TPSA) is 20.3 Å². The number of hydrogen-bond donors (Lipinski definition) is 0. The number of carbonyl (C=O) groups excluding carboxylic acids is 1. The highest BCUT2D eigenvalue weighted by molar-refractivity contribution is 5.86. The third kappa shape index (κ3) is 1.91. The van der Waals surface area contributed by atoms with E-state index in [0.717, 1.165) is 19.4 Å². The number of ketones is 1. The van der Waals surface area contributed by atoms with Gasteiger partial charge in [0.25, 0.3) is 0 Å². The molecular formula is C15H19NO. The van der Waals surface area contributed by atoms with Gasteiger partial charge in [0.05, 0.1) is 6.04 Å². The standard InChI is InChI=1S/C15H19NO/c1-11(13-5-3-2-4-6-13)16-8-7-12-9-14(16)15(17)10-12/h2-6,11-12,14H,7-10H2,1H3/t11-,12+,14-/m1/s1. The second-order valence-corrected chi connectivity index (χ2v) is 5.40. The lowest BCUT2D eigenvalue weighted by atomic mass is 9.96. The van der Waals surface area contributed by atoms with Gasteiger partial charge in [-0.3, -0.25) is 9.69 Å². The molecule has 17 heavy (non-hydrogen) atoms. The van der Waals surface area contributed by atoms with Crippen molar-refractivity contribution in [2.24, 2.45) is 5.92 Å². The van der Waals surface area contributed by atoms with Crippen LogP contribution in [0.2, 0.25) is 0 Å². The maximum Gasteiger partial charge on any atom is 0.150 e. The molecule has 0 spiro atoms. The molecule has 0 radical (unpaired) electrons. The molecular weight excluding hydrogens is 210 g/mol. The first-order chi connectivity index (χ1) is 8.25. The quantitative estimate of drug-likeness (QED) is 0.777. The highest BCUT2D eigenvalue weighted by atomic mass is 16.1. The van der Waals surface area contributed by atoms with Gasteiger partial charge in [0.15, 0.2) is 0 Å². The molecule has 1 saturated carbocycles. The van der Waals surface area contributed by atoms with Crippen LogP contribution in [0.15, 0.2) is 30.3 Å². The van der Waals surface area contributed by atoms with Crippen LogP contribution < -0.4 is 0 Å². The molecule has 1 saturated heterocycles. The molecule has 0 unspecified atom stereocenters. The lowest BCUT2D eigenvalue weighted by molar-refractivity contribution is -0.122. The summed E-state index contributed by atoms with van der Waals surface area (Å²) in [7, 11) is 0. The van der Waals surface area contributed by atoms with E-state index < -0.39 is 0 Å². The van der Waals surface area contributed by atoms with Crippen molar-refractivity contribution < 1.29 is 4.79 Å². The zero-order valence-corrected chi connectivity index (χ0v) is 10.3. The summed E-state index contributed by atoms with van der Waals surface area (Å²) < 4.78 is 0. The van der Waals surface area contributed by atoms with E-state index in [2.05, 4.69) is 36.1 Å². The molecule has 1 aliphatic carbocycles. The van der Waals surface area contributed by atoms with Crippen LogP contribution in [0.5, 0.6) is 0 Å². The molecule has 0 amide bonds. The summed E-state index contributed by atoms with van der Waals surface area (Å²) in [4.78, 5) is 14.4. The fourth-order valence-electron chi connectivity index (χ4n) is 3.37. The van der Waals surface area contributed by atoms with Crippen molar-refractivity contribution in [1.29, 1.82) is 0 Å². The third-order valence-corrected chi connectivity index (χ3v) is 4.39. The van der Waals surface area contributed by atoms with Crippen molar-refractivity contribution in [1.82, 2.24) is 4.90 Å². The average Bonchev–Trinajstić information content (AvgIpc) is 2.66.